The van der Waals surface area contributed by atoms with E-state index in [-0.39, 0.29) is 67.3 Å². The van der Waals surface area contributed by atoms with E-state index in [0.29, 0.717) is 32.7 Å². The molecule has 8 aromatic rings. The van der Waals surface area contributed by atoms with Gasteiger partial charge in [0.15, 0.2) is 0 Å². The Kier molecular flexibility index (Phi) is 9.92. The second-order valence-electron chi connectivity index (χ2n) is 15.1. The molecule has 0 unspecified atom stereocenters. The number of carbonyl (C=O) groups excluding carboxylic acids is 6. The Labute approximate surface area is 374 Å². The number of Topliss-reactive ketones (excluding diaryl/α,β-unsaturated/α-hetero) is 4. The van der Waals surface area contributed by atoms with Crippen molar-refractivity contribution in [1.82, 2.24) is 9.13 Å². The molecule has 10 nitrogen and oxygen atoms in total. The average Bonchev–Trinajstić information content (AvgIpc) is 4.12. The summed E-state index contributed by atoms with van der Waals surface area (Å²) in [6.07, 6.45) is -8.74. The Hall–Kier alpha value is -7.70. The van der Waals surface area contributed by atoms with Gasteiger partial charge in [-0.15, -0.1) is 22.7 Å². The maximum absolute atomic E-state index is 14.4. The van der Waals surface area contributed by atoms with Gasteiger partial charge >= 0.3 is 24.5 Å². The van der Waals surface area contributed by atoms with E-state index in [0.717, 1.165) is 46.9 Å². The molecule has 4 aromatic carbocycles. The Morgan fingerprint density at radius 3 is 1.24 bits per heavy atom. The first-order chi connectivity index (χ1) is 31.5. The number of ketones is 4. The zero-order valence-electron chi connectivity index (χ0n) is 33.2. The number of hydrogen-bond acceptors (Lipinski definition) is 10. The third kappa shape index (κ3) is 7.05. The highest BCUT2D eigenvalue weighted by Crippen LogP contribution is 2.47. The van der Waals surface area contributed by atoms with E-state index in [1.165, 1.54) is 33.4 Å². The van der Waals surface area contributed by atoms with Crippen LogP contribution < -0.4 is 0 Å². The Morgan fingerprint density at radius 1 is 0.500 bits per heavy atom. The predicted molar refractivity (Wildman–Crippen MR) is 232 cm³/mol. The maximum atomic E-state index is 14.4. The lowest BCUT2D eigenvalue weighted by molar-refractivity contribution is -0.138. The van der Waals surface area contributed by atoms with Gasteiger partial charge in [0.25, 0.3) is 0 Å². The SMILES string of the molecule is O=C1C(=O)c2cc(C(F)(F)F)ccc2/C1=C/c1cc2c(s1)c1c(c3sc(/C=C4\C(=O)C(=O)c5cc(C(F)(F)F)ccc54)cc3n1C(=O)OCc1ccccc1)n2C(=O)OCc1ccccc1. The second-order valence-corrected chi connectivity index (χ2v) is 17.3. The zero-order chi connectivity index (χ0) is 46.4. The van der Waals surface area contributed by atoms with E-state index in [2.05, 4.69) is 0 Å². The van der Waals surface area contributed by atoms with Crippen LogP contribution in [-0.4, -0.2) is 44.5 Å². The van der Waals surface area contributed by atoms with Crippen molar-refractivity contribution in [2.45, 2.75) is 25.6 Å². The Bertz CT molecular complexity index is 3290. The molecule has 2 aliphatic rings. The Morgan fingerprint density at radius 2 is 0.879 bits per heavy atom. The molecule has 0 amide bonds. The third-order valence-electron chi connectivity index (χ3n) is 11.1. The second kappa shape index (κ2) is 15.5. The first-order valence-electron chi connectivity index (χ1n) is 19.6. The van der Waals surface area contributed by atoms with Gasteiger partial charge in [-0.3, -0.25) is 19.2 Å². The minimum Gasteiger partial charge on any atom is -0.444 e. The molecule has 0 spiro atoms. The van der Waals surface area contributed by atoms with Crippen LogP contribution in [0.1, 0.15) is 63.9 Å². The minimum atomic E-state index is -4.78. The van der Waals surface area contributed by atoms with Crippen LogP contribution >= 0.6 is 22.7 Å². The van der Waals surface area contributed by atoms with Crippen molar-refractivity contribution in [3.05, 3.63) is 163 Å². The van der Waals surface area contributed by atoms with Crippen molar-refractivity contribution in [1.29, 1.82) is 0 Å². The van der Waals surface area contributed by atoms with E-state index in [9.17, 15) is 55.1 Å². The summed E-state index contributed by atoms with van der Waals surface area (Å²) >= 11 is 1.99. The van der Waals surface area contributed by atoms with Crippen molar-refractivity contribution in [3.63, 3.8) is 0 Å². The van der Waals surface area contributed by atoms with Crippen molar-refractivity contribution < 1.29 is 64.6 Å². The Balaban J connectivity index is 1.17. The van der Waals surface area contributed by atoms with Crippen LogP contribution in [0.15, 0.2) is 109 Å². The highest BCUT2D eigenvalue weighted by molar-refractivity contribution is 7.22. The number of hydrogen-bond donors (Lipinski definition) is 0. The molecule has 2 aliphatic carbocycles. The highest BCUT2D eigenvalue weighted by atomic mass is 32.1. The molecular formula is C48H24F6N2O8S2. The molecule has 0 fully saturated rings. The smallest absolute Gasteiger partial charge is 0.419 e. The fraction of sp³-hybridized carbons (Fsp3) is 0.0833. The lowest BCUT2D eigenvalue weighted by atomic mass is 10.0. The van der Waals surface area contributed by atoms with Gasteiger partial charge in [-0.1, -0.05) is 72.8 Å². The molecule has 0 bridgehead atoms. The van der Waals surface area contributed by atoms with E-state index in [1.54, 1.807) is 60.7 Å². The number of ether oxygens (including phenoxy) is 2. The summed E-state index contributed by atoms with van der Waals surface area (Å²) in [5, 5.41) is 0. The molecule has 0 saturated carbocycles. The van der Waals surface area contributed by atoms with Crippen LogP contribution in [0.3, 0.4) is 0 Å². The van der Waals surface area contributed by atoms with E-state index in [4.69, 9.17) is 9.47 Å². The number of halogens is 6. The molecule has 10 rings (SSSR count). The number of carbonyl (C=O) groups is 6. The summed E-state index contributed by atoms with van der Waals surface area (Å²) < 4.78 is 96.0. The topological polar surface area (TPSA) is 131 Å². The fourth-order valence-corrected chi connectivity index (χ4v) is 10.3. The molecule has 0 N–H and O–H groups in total. The summed E-state index contributed by atoms with van der Waals surface area (Å²) in [6, 6.07) is 25.3. The normalized spacial score (nSPS) is 15.2. The fourth-order valence-electron chi connectivity index (χ4n) is 8.02. The summed E-state index contributed by atoms with van der Waals surface area (Å²) in [4.78, 5) is 81.9. The van der Waals surface area contributed by atoms with Gasteiger partial charge < -0.3 is 9.47 Å². The number of benzene rings is 4. The van der Waals surface area contributed by atoms with Crippen molar-refractivity contribution in [3.8, 4) is 0 Å². The number of fused-ring (bicyclic) bond motifs is 7. The number of thiophene rings is 2. The number of alkyl halides is 6. The first kappa shape index (κ1) is 42.3. The number of rotatable bonds is 6. The van der Waals surface area contributed by atoms with E-state index < -0.39 is 69.9 Å². The summed E-state index contributed by atoms with van der Waals surface area (Å²) in [6.45, 7) is -0.378. The van der Waals surface area contributed by atoms with Gasteiger partial charge in [0, 0.05) is 32.0 Å². The summed E-state index contributed by atoms with van der Waals surface area (Å²) in [5.74, 6) is -4.34. The predicted octanol–water partition coefficient (Wildman–Crippen LogP) is 11.9. The summed E-state index contributed by atoms with van der Waals surface area (Å²) in [5.41, 5.74) is -1.56. The van der Waals surface area contributed by atoms with Crippen molar-refractivity contribution in [2.75, 3.05) is 0 Å². The first-order valence-corrected chi connectivity index (χ1v) is 21.2. The maximum Gasteiger partial charge on any atom is 0.419 e. The van der Waals surface area contributed by atoms with Gasteiger partial charge in [0.2, 0.25) is 23.1 Å². The molecule has 4 aromatic heterocycles. The minimum absolute atomic E-state index is 0.0211. The number of aromatic nitrogens is 2. The largest absolute Gasteiger partial charge is 0.444 e. The molecule has 66 heavy (non-hydrogen) atoms. The molecular weight excluding hydrogens is 911 g/mol. The van der Waals surface area contributed by atoms with Crippen LogP contribution in [-0.2, 0) is 44.6 Å². The van der Waals surface area contributed by atoms with Gasteiger partial charge in [0.05, 0.1) is 42.6 Å². The van der Waals surface area contributed by atoms with Gasteiger partial charge in [-0.2, -0.15) is 26.3 Å². The van der Waals surface area contributed by atoms with Gasteiger partial charge in [-0.25, -0.2) is 18.7 Å². The molecule has 0 saturated heterocycles. The quantitative estimate of drug-likeness (QED) is 0.0915. The molecule has 18 heteroatoms. The van der Waals surface area contributed by atoms with Crippen LogP contribution in [0.4, 0.5) is 35.9 Å². The summed E-state index contributed by atoms with van der Waals surface area (Å²) in [7, 11) is 0. The lowest BCUT2D eigenvalue weighted by Crippen LogP contribution is -2.13. The molecule has 328 valence electrons. The van der Waals surface area contributed by atoms with Gasteiger partial charge in [0.1, 0.15) is 13.2 Å². The standard InChI is InChI=1S/C48H24F6N2O8S2/c49-47(50,51)25-11-13-29-31(15-25)39(57)41(59)33(29)17-27-19-35-43(65-27)38-37(55(35)45(61)63-21-23-7-3-1-4-8-23)44-36(56(38)46(62)64-22-24-9-5-2-6-10-24)20-28(66-44)18-34-30-14-12-26(48(52,53)54)16-32(30)40(58)42(34)60/h1-20H,21-22H2/b33-17-,34-18-. The molecule has 0 atom stereocenters. The third-order valence-corrected chi connectivity index (χ3v) is 13.2. The van der Waals surface area contributed by atoms with Crippen LogP contribution in [0.25, 0.3) is 54.8 Å². The van der Waals surface area contributed by atoms with Crippen molar-refractivity contribution >= 4 is 113 Å². The lowest BCUT2D eigenvalue weighted by Gasteiger charge is -2.08. The molecule has 4 heterocycles. The monoisotopic (exact) mass is 934 g/mol. The number of nitrogens with zero attached hydrogens (tertiary/aromatic N) is 2. The number of allylic oxidation sites excluding steroid dienone is 2. The van der Waals surface area contributed by atoms with Crippen molar-refractivity contribution in [2.24, 2.45) is 0 Å². The van der Waals surface area contributed by atoms with Gasteiger partial charge in [-0.05, 0) is 70.8 Å². The van der Waals surface area contributed by atoms with Crippen LogP contribution in [0.2, 0.25) is 0 Å². The average molecular weight is 935 g/mol. The van der Waals surface area contributed by atoms with Crippen LogP contribution in [0, 0.1) is 0 Å². The van der Waals surface area contributed by atoms with E-state index in [1.807, 2.05) is 0 Å². The highest BCUT2D eigenvalue weighted by Gasteiger charge is 2.40. The van der Waals surface area contributed by atoms with E-state index >= 15 is 0 Å². The van der Waals surface area contributed by atoms with Crippen LogP contribution in [0.5, 0.6) is 0 Å². The molecule has 0 radical (unpaired) electrons. The zero-order valence-corrected chi connectivity index (χ0v) is 34.8. The molecule has 0 aliphatic heterocycles.